The minimum absolute atomic E-state index is 0.0141. The highest BCUT2D eigenvalue weighted by atomic mass is 35.5. The fourth-order valence-electron chi connectivity index (χ4n) is 2.04. The van der Waals surface area contributed by atoms with E-state index in [1.54, 1.807) is 18.2 Å². The number of carbonyl (C=O) groups is 2. The number of benzene rings is 2. The van der Waals surface area contributed by atoms with Crippen LogP contribution in [0.5, 0.6) is 0 Å². The summed E-state index contributed by atoms with van der Waals surface area (Å²) in [5.74, 6) is 0.0418. The fourth-order valence-corrected chi connectivity index (χ4v) is 3.25. The molecule has 132 valence electrons. The van der Waals surface area contributed by atoms with Crippen molar-refractivity contribution in [2.24, 2.45) is 0 Å². The van der Waals surface area contributed by atoms with Crippen LogP contribution in [0.3, 0.4) is 0 Å². The molecule has 7 heteroatoms. The molecular formula is C18H18Cl2N2O2S. The molecule has 25 heavy (non-hydrogen) atoms. The zero-order chi connectivity index (χ0) is 18.2. The molecule has 4 nitrogen and oxygen atoms in total. The van der Waals surface area contributed by atoms with Gasteiger partial charge in [-0.15, -0.1) is 11.8 Å². The number of amides is 2. The SMILES string of the molecule is CCCC(=O)Nc1cccc(SCC(=O)Nc2ccc(Cl)cc2Cl)c1. The molecule has 2 aromatic rings. The number of nitrogens with one attached hydrogen (secondary N) is 2. The predicted octanol–water partition coefficient (Wildman–Crippen LogP) is 5.46. The molecule has 0 spiro atoms. The summed E-state index contributed by atoms with van der Waals surface area (Å²) < 4.78 is 0. The van der Waals surface area contributed by atoms with Crippen LogP contribution in [0.1, 0.15) is 19.8 Å². The first kappa shape index (κ1) is 19.6. The highest BCUT2D eigenvalue weighted by Gasteiger charge is 2.08. The molecule has 0 aliphatic heterocycles. The smallest absolute Gasteiger partial charge is 0.234 e. The molecule has 0 fully saturated rings. The third-order valence-electron chi connectivity index (χ3n) is 3.17. The van der Waals surface area contributed by atoms with Gasteiger partial charge in [-0.05, 0) is 42.8 Å². The van der Waals surface area contributed by atoms with E-state index in [2.05, 4.69) is 10.6 Å². The maximum atomic E-state index is 12.1. The Kier molecular flexibility index (Phi) is 7.62. The van der Waals surface area contributed by atoms with Gasteiger partial charge in [0.2, 0.25) is 11.8 Å². The molecule has 0 heterocycles. The summed E-state index contributed by atoms with van der Waals surface area (Å²) in [4.78, 5) is 24.6. The molecule has 0 radical (unpaired) electrons. The van der Waals surface area contributed by atoms with Crippen LogP contribution in [0.4, 0.5) is 11.4 Å². The van der Waals surface area contributed by atoms with Gasteiger partial charge in [-0.2, -0.15) is 0 Å². The summed E-state index contributed by atoms with van der Waals surface area (Å²) in [6.07, 6.45) is 1.29. The quantitative estimate of drug-likeness (QED) is 0.610. The van der Waals surface area contributed by atoms with Crippen LogP contribution in [0.15, 0.2) is 47.4 Å². The summed E-state index contributed by atoms with van der Waals surface area (Å²) in [5, 5.41) is 6.50. The van der Waals surface area contributed by atoms with Crippen LogP contribution in [-0.2, 0) is 9.59 Å². The van der Waals surface area contributed by atoms with Gasteiger partial charge in [-0.25, -0.2) is 0 Å². The molecule has 0 saturated carbocycles. The lowest BCUT2D eigenvalue weighted by Gasteiger charge is -2.09. The van der Waals surface area contributed by atoms with E-state index >= 15 is 0 Å². The Labute approximate surface area is 161 Å². The Morgan fingerprint density at radius 2 is 1.84 bits per heavy atom. The van der Waals surface area contributed by atoms with Gasteiger partial charge >= 0.3 is 0 Å². The maximum Gasteiger partial charge on any atom is 0.234 e. The predicted molar refractivity (Wildman–Crippen MR) is 106 cm³/mol. The minimum Gasteiger partial charge on any atom is -0.326 e. The van der Waals surface area contributed by atoms with Crippen LogP contribution in [0.2, 0.25) is 10.0 Å². The first-order valence-corrected chi connectivity index (χ1v) is 9.49. The number of hydrogen-bond acceptors (Lipinski definition) is 3. The van der Waals surface area contributed by atoms with Crippen molar-refractivity contribution in [3.63, 3.8) is 0 Å². The largest absolute Gasteiger partial charge is 0.326 e. The molecule has 2 rings (SSSR count). The Morgan fingerprint density at radius 1 is 1.04 bits per heavy atom. The third kappa shape index (κ3) is 6.61. The summed E-state index contributed by atoms with van der Waals surface area (Å²) in [6.45, 7) is 1.96. The lowest BCUT2D eigenvalue weighted by Crippen LogP contribution is -2.14. The number of rotatable bonds is 7. The van der Waals surface area contributed by atoms with Gasteiger partial charge in [0.05, 0.1) is 16.5 Å². The van der Waals surface area contributed by atoms with Crippen LogP contribution in [-0.4, -0.2) is 17.6 Å². The molecule has 0 aliphatic rings. The monoisotopic (exact) mass is 396 g/mol. The molecule has 0 aliphatic carbocycles. The Bertz CT molecular complexity index is 768. The molecule has 0 saturated heterocycles. The molecule has 2 N–H and O–H groups in total. The van der Waals surface area contributed by atoms with Crippen molar-refractivity contribution in [3.8, 4) is 0 Å². The van der Waals surface area contributed by atoms with E-state index in [1.165, 1.54) is 11.8 Å². The maximum absolute atomic E-state index is 12.1. The Hall–Kier alpha value is -1.69. The molecule has 0 bridgehead atoms. The van der Waals surface area contributed by atoms with Gasteiger partial charge in [-0.1, -0.05) is 36.2 Å². The lowest BCUT2D eigenvalue weighted by atomic mass is 10.3. The highest BCUT2D eigenvalue weighted by Crippen LogP contribution is 2.26. The van der Waals surface area contributed by atoms with Crippen molar-refractivity contribution in [1.82, 2.24) is 0 Å². The first-order valence-electron chi connectivity index (χ1n) is 7.75. The van der Waals surface area contributed by atoms with Crippen LogP contribution in [0, 0.1) is 0 Å². The summed E-state index contributed by atoms with van der Waals surface area (Å²) in [6, 6.07) is 12.3. The zero-order valence-electron chi connectivity index (χ0n) is 13.6. The Morgan fingerprint density at radius 3 is 2.56 bits per heavy atom. The van der Waals surface area contributed by atoms with Gasteiger partial charge < -0.3 is 10.6 Å². The van der Waals surface area contributed by atoms with Crippen molar-refractivity contribution in [3.05, 3.63) is 52.5 Å². The van der Waals surface area contributed by atoms with Gasteiger partial charge in [0, 0.05) is 22.0 Å². The molecular weight excluding hydrogens is 379 g/mol. The van der Waals surface area contributed by atoms with E-state index in [1.807, 2.05) is 31.2 Å². The van der Waals surface area contributed by atoms with Crippen molar-refractivity contribution in [1.29, 1.82) is 0 Å². The average Bonchev–Trinajstić information content (AvgIpc) is 2.56. The van der Waals surface area contributed by atoms with E-state index in [9.17, 15) is 9.59 Å². The lowest BCUT2D eigenvalue weighted by molar-refractivity contribution is -0.116. The van der Waals surface area contributed by atoms with Crippen molar-refractivity contribution in [2.45, 2.75) is 24.7 Å². The fraction of sp³-hybridized carbons (Fsp3) is 0.222. The van der Waals surface area contributed by atoms with Crippen LogP contribution in [0.25, 0.3) is 0 Å². The third-order valence-corrected chi connectivity index (χ3v) is 4.71. The van der Waals surface area contributed by atoms with Crippen LogP contribution >= 0.6 is 35.0 Å². The number of hydrogen-bond donors (Lipinski definition) is 2. The van der Waals surface area contributed by atoms with E-state index in [0.717, 1.165) is 17.0 Å². The van der Waals surface area contributed by atoms with Crippen molar-refractivity contribution in [2.75, 3.05) is 16.4 Å². The summed E-state index contributed by atoms with van der Waals surface area (Å²) in [5.41, 5.74) is 1.25. The molecule has 0 atom stereocenters. The van der Waals surface area contributed by atoms with E-state index in [4.69, 9.17) is 23.2 Å². The molecule has 2 aromatic carbocycles. The second-order valence-corrected chi connectivity index (χ2v) is 7.18. The van der Waals surface area contributed by atoms with E-state index < -0.39 is 0 Å². The van der Waals surface area contributed by atoms with Gasteiger partial charge in [-0.3, -0.25) is 9.59 Å². The summed E-state index contributed by atoms with van der Waals surface area (Å²) >= 11 is 13.3. The standard InChI is InChI=1S/C18H18Cl2N2O2S/c1-2-4-17(23)21-13-5-3-6-14(10-13)25-11-18(24)22-16-8-7-12(19)9-15(16)20/h3,5-10H,2,4,11H2,1H3,(H,21,23)(H,22,24). The van der Waals surface area contributed by atoms with Gasteiger partial charge in [0.15, 0.2) is 0 Å². The zero-order valence-corrected chi connectivity index (χ0v) is 16.0. The number of anilines is 2. The number of halogens is 2. The second kappa shape index (κ2) is 9.70. The van der Waals surface area contributed by atoms with Gasteiger partial charge in [0.25, 0.3) is 0 Å². The number of carbonyl (C=O) groups excluding carboxylic acids is 2. The Balaban J connectivity index is 1.90. The van der Waals surface area contributed by atoms with E-state index in [0.29, 0.717) is 22.2 Å². The second-order valence-electron chi connectivity index (χ2n) is 5.29. The molecule has 0 unspecified atom stereocenters. The van der Waals surface area contributed by atoms with Gasteiger partial charge in [0.1, 0.15) is 0 Å². The molecule has 0 aromatic heterocycles. The van der Waals surface area contributed by atoms with Crippen LogP contribution < -0.4 is 10.6 Å². The normalized spacial score (nSPS) is 10.4. The van der Waals surface area contributed by atoms with Crippen molar-refractivity contribution >= 4 is 58.2 Å². The minimum atomic E-state index is -0.172. The summed E-state index contributed by atoms with van der Waals surface area (Å²) in [7, 11) is 0. The van der Waals surface area contributed by atoms with Crippen molar-refractivity contribution < 1.29 is 9.59 Å². The topological polar surface area (TPSA) is 58.2 Å². The molecule has 2 amide bonds. The average molecular weight is 397 g/mol. The number of thioether (sulfide) groups is 1. The highest BCUT2D eigenvalue weighted by molar-refractivity contribution is 8.00. The van der Waals surface area contributed by atoms with E-state index in [-0.39, 0.29) is 17.6 Å². The first-order chi connectivity index (χ1) is 12.0.